The Morgan fingerprint density at radius 2 is 1.67 bits per heavy atom. The maximum absolute atomic E-state index is 9.48. The van der Waals surface area contributed by atoms with Crippen molar-refractivity contribution < 1.29 is 51.6 Å². The second kappa shape index (κ2) is 12.0. The van der Waals surface area contributed by atoms with Gasteiger partial charge in [0.25, 0.3) is 0 Å². The van der Waals surface area contributed by atoms with Crippen LogP contribution in [-0.2, 0) is 28.1 Å². The number of aromatic hydroxyl groups is 1. The standard InChI is InChI=1S/C10H12O.C10H15.2ClH.Ti/c1-3-5-9-7-4-6-8(2)10(9)11;1-7-6-10(4,5)9(3)8(7)2;;;/h3-4,6-7,11H,1,5H2,2H3;1-5H3;2*1H;/q;-1;;;+3/p-2. The maximum atomic E-state index is 9.48. The van der Waals surface area contributed by atoms with Crippen LogP contribution in [0.5, 0.6) is 5.75 Å². The first kappa shape index (κ1) is 28.3. The van der Waals surface area contributed by atoms with Crippen molar-refractivity contribution in [3.63, 3.8) is 0 Å². The third kappa shape index (κ3) is 7.19. The summed E-state index contributed by atoms with van der Waals surface area (Å²) in [5.41, 5.74) is 6.26. The maximum Gasteiger partial charge on any atom is 3.00 e. The van der Waals surface area contributed by atoms with Gasteiger partial charge in [-0.3, -0.25) is 6.08 Å². The summed E-state index contributed by atoms with van der Waals surface area (Å²) in [7, 11) is 0. The van der Waals surface area contributed by atoms with E-state index >= 15 is 0 Å². The Balaban J connectivity index is -0.000000328. The van der Waals surface area contributed by atoms with Crippen LogP contribution in [0.1, 0.15) is 45.7 Å². The van der Waals surface area contributed by atoms with Gasteiger partial charge in [0, 0.05) is 0 Å². The molecular weight excluding hydrogens is 375 g/mol. The number of benzene rings is 1. The molecule has 4 heteroatoms. The number of para-hydroxylation sites is 1. The molecule has 0 heterocycles. The fourth-order valence-electron chi connectivity index (χ4n) is 2.45. The minimum Gasteiger partial charge on any atom is -1.00 e. The van der Waals surface area contributed by atoms with Crippen LogP contribution in [0.15, 0.2) is 47.6 Å². The van der Waals surface area contributed by atoms with Gasteiger partial charge in [0.15, 0.2) is 0 Å². The van der Waals surface area contributed by atoms with E-state index in [4.69, 9.17) is 0 Å². The summed E-state index contributed by atoms with van der Waals surface area (Å²) in [6.45, 7) is 16.4. The van der Waals surface area contributed by atoms with Gasteiger partial charge in [-0.2, -0.15) is 11.1 Å². The summed E-state index contributed by atoms with van der Waals surface area (Å²) in [5, 5.41) is 9.48. The molecular formula is C20H27Cl2OTi. The van der Waals surface area contributed by atoms with Crippen LogP contribution in [-0.4, -0.2) is 5.11 Å². The summed E-state index contributed by atoms with van der Waals surface area (Å²) >= 11 is 0. The Morgan fingerprint density at radius 3 is 2.00 bits per heavy atom. The average Bonchev–Trinajstić information content (AvgIpc) is 2.59. The molecule has 1 N–H and O–H groups in total. The van der Waals surface area contributed by atoms with Crippen molar-refractivity contribution in [2.45, 2.75) is 48.0 Å². The van der Waals surface area contributed by atoms with Gasteiger partial charge in [-0.25, -0.2) is 5.57 Å². The topological polar surface area (TPSA) is 20.2 Å². The molecule has 0 spiro atoms. The molecule has 131 valence electrons. The summed E-state index contributed by atoms with van der Waals surface area (Å²) in [6.07, 6.45) is 5.95. The Morgan fingerprint density at radius 1 is 1.12 bits per heavy atom. The molecule has 1 aromatic rings. The Labute approximate surface area is 175 Å². The molecule has 1 aliphatic rings. The molecule has 1 aliphatic carbocycles. The van der Waals surface area contributed by atoms with E-state index in [1.807, 2.05) is 25.1 Å². The van der Waals surface area contributed by atoms with Crippen molar-refractivity contribution >= 4 is 0 Å². The van der Waals surface area contributed by atoms with Crippen molar-refractivity contribution in [3.8, 4) is 5.75 Å². The van der Waals surface area contributed by atoms with Gasteiger partial charge >= 0.3 is 21.7 Å². The number of halogens is 2. The Hall–Kier alpha value is -0.466. The van der Waals surface area contributed by atoms with E-state index in [-0.39, 0.29) is 51.9 Å². The number of aryl methyl sites for hydroxylation is 1. The molecule has 1 radical (unpaired) electrons. The van der Waals surface area contributed by atoms with E-state index in [1.165, 1.54) is 16.7 Å². The van der Waals surface area contributed by atoms with E-state index in [2.05, 4.69) is 47.3 Å². The molecule has 1 aromatic carbocycles. The molecule has 0 amide bonds. The number of phenols is 1. The number of phenolic OH excluding ortho intramolecular Hbond substituents is 1. The second-order valence-corrected chi connectivity index (χ2v) is 6.20. The van der Waals surface area contributed by atoms with Crippen LogP contribution in [0.4, 0.5) is 0 Å². The third-order valence-corrected chi connectivity index (χ3v) is 4.25. The Bertz CT molecular complexity index is 602. The van der Waals surface area contributed by atoms with Crippen LogP contribution >= 0.6 is 0 Å². The quantitative estimate of drug-likeness (QED) is 0.404. The van der Waals surface area contributed by atoms with Gasteiger partial charge in [-0.05, 0) is 24.5 Å². The second-order valence-electron chi connectivity index (χ2n) is 6.20. The SMILES string of the molecule is C=CCc1cccc(C)c1O.CC1=[C-]C(C)(C)C(C)=C1C.[Cl-].[Cl-].[Ti+3]. The molecule has 2 rings (SSSR count). The van der Waals surface area contributed by atoms with Gasteiger partial charge in [-0.15, -0.1) is 13.5 Å². The fourth-order valence-corrected chi connectivity index (χ4v) is 2.45. The molecule has 0 unspecified atom stereocenters. The van der Waals surface area contributed by atoms with Gasteiger partial charge in [0.2, 0.25) is 0 Å². The summed E-state index contributed by atoms with van der Waals surface area (Å²) in [4.78, 5) is 0. The third-order valence-electron chi connectivity index (χ3n) is 4.25. The molecule has 0 saturated carbocycles. The number of rotatable bonds is 2. The van der Waals surface area contributed by atoms with E-state index < -0.39 is 0 Å². The molecule has 0 saturated heterocycles. The zero-order valence-corrected chi connectivity index (χ0v) is 18.5. The largest absolute Gasteiger partial charge is 3.00 e. The van der Waals surface area contributed by atoms with Crippen LogP contribution < -0.4 is 24.8 Å². The summed E-state index contributed by atoms with van der Waals surface area (Å²) in [6, 6.07) is 5.74. The van der Waals surface area contributed by atoms with Crippen molar-refractivity contribution in [2.75, 3.05) is 0 Å². The first-order valence-corrected chi connectivity index (χ1v) is 7.39. The first-order chi connectivity index (χ1) is 9.70. The minimum absolute atomic E-state index is 0. The number of allylic oxidation sites excluding steroid dienone is 5. The molecule has 0 bridgehead atoms. The van der Waals surface area contributed by atoms with Crippen molar-refractivity contribution in [3.05, 3.63) is 64.8 Å². The fraction of sp³-hybridized carbons (Fsp3) is 0.400. The zero-order chi connectivity index (χ0) is 16.2. The van der Waals surface area contributed by atoms with E-state index in [0.29, 0.717) is 5.75 Å². The van der Waals surface area contributed by atoms with Crippen LogP contribution in [0.2, 0.25) is 0 Å². The number of hydrogen-bond donors (Lipinski definition) is 1. The summed E-state index contributed by atoms with van der Waals surface area (Å²) in [5.74, 6) is 0.396. The molecule has 0 fully saturated rings. The van der Waals surface area contributed by atoms with Crippen molar-refractivity contribution in [1.82, 2.24) is 0 Å². The monoisotopic (exact) mass is 401 g/mol. The predicted molar refractivity (Wildman–Crippen MR) is 91.3 cm³/mol. The molecule has 0 aliphatic heterocycles. The average molecular weight is 402 g/mol. The smallest absolute Gasteiger partial charge is 1.00 e. The zero-order valence-electron chi connectivity index (χ0n) is 15.4. The normalized spacial score (nSPS) is 14.2. The van der Waals surface area contributed by atoms with E-state index in [9.17, 15) is 5.11 Å². The van der Waals surface area contributed by atoms with Crippen molar-refractivity contribution in [2.24, 2.45) is 5.41 Å². The van der Waals surface area contributed by atoms with Gasteiger partial charge in [0.1, 0.15) is 5.75 Å². The Kier molecular flexibility index (Phi) is 14.1. The first-order valence-electron chi connectivity index (χ1n) is 7.39. The summed E-state index contributed by atoms with van der Waals surface area (Å²) < 4.78 is 0. The minimum atomic E-state index is 0. The van der Waals surface area contributed by atoms with Gasteiger partial charge in [-0.1, -0.05) is 57.4 Å². The number of hydrogen-bond acceptors (Lipinski definition) is 1. The van der Waals surface area contributed by atoms with Crippen LogP contribution in [0, 0.1) is 18.4 Å². The van der Waals surface area contributed by atoms with Gasteiger partial charge < -0.3 is 29.9 Å². The molecule has 0 atom stereocenters. The van der Waals surface area contributed by atoms with E-state index in [0.717, 1.165) is 17.5 Å². The van der Waals surface area contributed by atoms with E-state index in [1.54, 1.807) is 6.08 Å². The van der Waals surface area contributed by atoms with Gasteiger partial charge in [0.05, 0.1) is 0 Å². The van der Waals surface area contributed by atoms with Crippen molar-refractivity contribution in [1.29, 1.82) is 0 Å². The molecule has 1 nitrogen and oxygen atoms in total. The predicted octanol–water partition coefficient (Wildman–Crippen LogP) is -0.453. The molecule has 24 heavy (non-hydrogen) atoms. The molecule has 0 aromatic heterocycles. The van der Waals surface area contributed by atoms with Crippen LogP contribution in [0.3, 0.4) is 0 Å². The van der Waals surface area contributed by atoms with Crippen LogP contribution in [0.25, 0.3) is 0 Å².